The molecular formula is C15H18ClN5O2. The monoisotopic (exact) mass is 335 g/mol. The van der Waals surface area contributed by atoms with Crippen LogP contribution < -0.4 is 10.6 Å². The number of anilines is 1. The summed E-state index contributed by atoms with van der Waals surface area (Å²) in [6, 6.07) is 7.70. The maximum atomic E-state index is 12.3. The van der Waals surface area contributed by atoms with Crippen molar-refractivity contribution in [2.24, 2.45) is 7.05 Å². The van der Waals surface area contributed by atoms with Crippen molar-refractivity contribution in [3.05, 3.63) is 46.1 Å². The smallest absolute Gasteiger partial charge is 0.345 e. The van der Waals surface area contributed by atoms with Gasteiger partial charge in [0.1, 0.15) is 12.9 Å². The number of hydrogen-bond acceptors (Lipinski definition) is 4. The molecule has 7 nitrogen and oxygen atoms in total. The van der Waals surface area contributed by atoms with E-state index in [1.165, 1.54) is 15.6 Å². The molecule has 2 heterocycles. The molecule has 0 saturated carbocycles. The van der Waals surface area contributed by atoms with E-state index in [4.69, 9.17) is 11.6 Å². The van der Waals surface area contributed by atoms with Crippen LogP contribution in [0.3, 0.4) is 0 Å². The maximum absolute atomic E-state index is 12.3. The number of carbonyl (C=O) groups is 1. The zero-order valence-corrected chi connectivity index (χ0v) is 13.6. The van der Waals surface area contributed by atoms with E-state index >= 15 is 0 Å². The minimum Gasteiger partial charge on any atom is -0.368 e. The molecule has 0 bridgehead atoms. The summed E-state index contributed by atoms with van der Waals surface area (Å²) < 4.78 is 2.54. The molecule has 2 aromatic rings. The molecule has 23 heavy (non-hydrogen) atoms. The molecule has 1 aromatic carbocycles. The Morgan fingerprint density at radius 2 is 2.00 bits per heavy atom. The molecule has 3 rings (SSSR count). The Hall–Kier alpha value is -2.28. The van der Waals surface area contributed by atoms with Gasteiger partial charge in [0.25, 0.3) is 0 Å². The Kier molecular flexibility index (Phi) is 4.38. The molecule has 1 aliphatic rings. The number of hydrogen-bond donors (Lipinski definition) is 0. The molecule has 0 N–H and O–H groups in total. The Morgan fingerprint density at radius 1 is 1.26 bits per heavy atom. The normalized spacial score (nSPS) is 15.0. The van der Waals surface area contributed by atoms with Crippen molar-refractivity contribution in [1.29, 1.82) is 0 Å². The summed E-state index contributed by atoms with van der Waals surface area (Å²) >= 11 is 6.02. The number of aryl methyl sites for hydroxylation is 1. The Morgan fingerprint density at radius 3 is 2.61 bits per heavy atom. The highest BCUT2D eigenvalue weighted by Gasteiger charge is 2.22. The van der Waals surface area contributed by atoms with E-state index in [2.05, 4.69) is 10.00 Å². The van der Waals surface area contributed by atoms with E-state index < -0.39 is 0 Å². The SMILES string of the molecule is Cn1ncn(CC(=O)N2CCN(c3cccc(Cl)c3)CC2)c1=O. The van der Waals surface area contributed by atoms with Crippen molar-refractivity contribution in [3.8, 4) is 0 Å². The van der Waals surface area contributed by atoms with Crippen LogP contribution in [0.4, 0.5) is 5.69 Å². The molecule has 1 aromatic heterocycles. The van der Waals surface area contributed by atoms with Crippen molar-refractivity contribution in [1.82, 2.24) is 19.2 Å². The summed E-state index contributed by atoms with van der Waals surface area (Å²) in [6.45, 7) is 2.77. The molecule has 0 spiro atoms. The largest absolute Gasteiger partial charge is 0.368 e. The zero-order valence-electron chi connectivity index (χ0n) is 12.9. The lowest BCUT2D eigenvalue weighted by Crippen LogP contribution is -2.50. The van der Waals surface area contributed by atoms with E-state index in [1.54, 1.807) is 11.9 Å². The number of aromatic nitrogens is 3. The van der Waals surface area contributed by atoms with Gasteiger partial charge in [0.15, 0.2) is 0 Å². The average Bonchev–Trinajstić information content (AvgIpc) is 2.87. The van der Waals surface area contributed by atoms with Crippen LogP contribution in [0.1, 0.15) is 0 Å². The number of piperazine rings is 1. The molecule has 0 radical (unpaired) electrons. The third kappa shape index (κ3) is 3.39. The Bertz CT molecular complexity index is 761. The molecule has 1 aliphatic heterocycles. The third-order valence-electron chi connectivity index (χ3n) is 4.00. The van der Waals surface area contributed by atoms with Crippen molar-refractivity contribution in [2.75, 3.05) is 31.1 Å². The topological polar surface area (TPSA) is 63.4 Å². The van der Waals surface area contributed by atoms with Crippen molar-refractivity contribution < 1.29 is 4.79 Å². The van der Waals surface area contributed by atoms with Crippen molar-refractivity contribution in [2.45, 2.75) is 6.54 Å². The van der Waals surface area contributed by atoms with Gasteiger partial charge in [-0.15, -0.1) is 0 Å². The first-order valence-corrected chi connectivity index (χ1v) is 7.79. The van der Waals surface area contributed by atoms with Gasteiger partial charge in [-0.25, -0.2) is 9.48 Å². The van der Waals surface area contributed by atoms with Gasteiger partial charge >= 0.3 is 5.69 Å². The minimum absolute atomic E-state index is 0.0316. The first-order chi connectivity index (χ1) is 11.0. The van der Waals surface area contributed by atoms with E-state index in [1.807, 2.05) is 24.3 Å². The lowest BCUT2D eigenvalue weighted by molar-refractivity contribution is -0.132. The van der Waals surface area contributed by atoms with Crippen LogP contribution >= 0.6 is 11.6 Å². The average molecular weight is 336 g/mol. The van der Waals surface area contributed by atoms with Gasteiger partial charge in [0.05, 0.1) is 0 Å². The summed E-state index contributed by atoms with van der Waals surface area (Å²) in [6.07, 6.45) is 1.39. The second-order valence-electron chi connectivity index (χ2n) is 5.51. The second kappa shape index (κ2) is 6.45. The number of halogens is 1. The van der Waals surface area contributed by atoms with Crippen LogP contribution in [0.2, 0.25) is 5.02 Å². The van der Waals surface area contributed by atoms with Crippen LogP contribution in [-0.4, -0.2) is 51.3 Å². The van der Waals surface area contributed by atoms with Crippen LogP contribution in [0.25, 0.3) is 0 Å². The molecule has 1 amide bonds. The van der Waals surface area contributed by atoms with Gasteiger partial charge < -0.3 is 9.80 Å². The molecule has 0 unspecified atom stereocenters. The van der Waals surface area contributed by atoms with Crippen LogP contribution in [-0.2, 0) is 18.4 Å². The maximum Gasteiger partial charge on any atom is 0.345 e. The van der Waals surface area contributed by atoms with E-state index in [-0.39, 0.29) is 18.1 Å². The zero-order chi connectivity index (χ0) is 16.4. The number of amides is 1. The fraction of sp³-hybridized carbons (Fsp3) is 0.400. The predicted octanol–water partition coefficient (Wildman–Crippen LogP) is 0.584. The first-order valence-electron chi connectivity index (χ1n) is 7.41. The van der Waals surface area contributed by atoms with Crippen molar-refractivity contribution in [3.63, 3.8) is 0 Å². The molecule has 1 saturated heterocycles. The van der Waals surface area contributed by atoms with E-state index in [9.17, 15) is 9.59 Å². The highest BCUT2D eigenvalue weighted by molar-refractivity contribution is 6.30. The molecule has 1 fully saturated rings. The third-order valence-corrected chi connectivity index (χ3v) is 4.23. The van der Waals surface area contributed by atoms with E-state index in [0.717, 1.165) is 18.8 Å². The fourth-order valence-electron chi connectivity index (χ4n) is 2.67. The van der Waals surface area contributed by atoms with Gasteiger partial charge in [0, 0.05) is 43.9 Å². The predicted molar refractivity (Wildman–Crippen MR) is 87.7 cm³/mol. The van der Waals surface area contributed by atoms with E-state index in [0.29, 0.717) is 18.1 Å². The fourth-order valence-corrected chi connectivity index (χ4v) is 2.85. The van der Waals surface area contributed by atoms with Gasteiger partial charge in [-0.1, -0.05) is 17.7 Å². The van der Waals surface area contributed by atoms with Gasteiger partial charge in [-0.05, 0) is 18.2 Å². The highest BCUT2D eigenvalue weighted by atomic mass is 35.5. The van der Waals surface area contributed by atoms with Crippen LogP contribution in [0.5, 0.6) is 0 Å². The Balaban J connectivity index is 1.59. The highest BCUT2D eigenvalue weighted by Crippen LogP contribution is 2.20. The molecule has 0 atom stereocenters. The summed E-state index contributed by atoms with van der Waals surface area (Å²) in [7, 11) is 1.56. The number of nitrogens with zero attached hydrogens (tertiary/aromatic N) is 5. The number of benzene rings is 1. The summed E-state index contributed by atoms with van der Waals surface area (Å²) in [5.41, 5.74) is 0.781. The van der Waals surface area contributed by atoms with Gasteiger partial charge in [-0.3, -0.25) is 9.36 Å². The lowest BCUT2D eigenvalue weighted by atomic mass is 10.2. The first kappa shape index (κ1) is 15.6. The van der Waals surface area contributed by atoms with Gasteiger partial charge in [0.2, 0.25) is 5.91 Å². The number of rotatable bonds is 3. The lowest BCUT2D eigenvalue weighted by Gasteiger charge is -2.36. The molecule has 122 valence electrons. The van der Waals surface area contributed by atoms with Gasteiger partial charge in [-0.2, -0.15) is 5.10 Å². The second-order valence-corrected chi connectivity index (χ2v) is 5.95. The summed E-state index contributed by atoms with van der Waals surface area (Å²) in [5, 5.41) is 4.56. The van der Waals surface area contributed by atoms with Crippen LogP contribution in [0, 0.1) is 0 Å². The molecule has 0 aliphatic carbocycles. The molecule has 8 heteroatoms. The Labute approximate surface area is 138 Å². The minimum atomic E-state index is -0.282. The summed E-state index contributed by atoms with van der Waals surface area (Å²) in [5.74, 6) is -0.0640. The molecular weight excluding hydrogens is 318 g/mol. The van der Waals surface area contributed by atoms with Crippen molar-refractivity contribution >= 4 is 23.2 Å². The number of carbonyl (C=O) groups excluding carboxylic acids is 1. The van der Waals surface area contributed by atoms with Crippen LogP contribution in [0.15, 0.2) is 35.4 Å². The summed E-state index contributed by atoms with van der Waals surface area (Å²) in [4.78, 5) is 28.0. The standard InChI is InChI=1S/C15H18ClN5O2/c1-18-15(23)21(11-17-18)10-14(22)20-7-5-19(6-8-20)13-4-2-3-12(16)9-13/h2-4,9,11H,5-8,10H2,1H3. The quantitative estimate of drug-likeness (QED) is 0.823.